The molecule has 0 amide bonds. The zero-order chi connectivity index (χ0) is 20.8. The largest absolute Gasteiger partial charge is 0.421 e. The molecule has 3 aromatic rings. The lowest BCUT2D eigenvalue weighted by molar-refractivity contribution is -0.233. The maximum absolute atomic E-state index is 13.5. The molecule has 1 aliphatic heterocycles. The summed E-state index contributed by atoms with van der Waals surface area (Å²) in [5.74, 6) is 0.985. The molecule has 0 saturated heterocycles. The normalized spacial score (nSPS) is 16.8. The molecular weight excluding hydrogens is 387 g/mol. The van der Waals surface area contributed by atoms with Crippen molar-refractivity contribution in [3.63, 3.8) is 0 Å². The van der Waals surface area contributed by atoms with Crippen molar-refractivity contribution >= 4 is 22.8 Å². The Balaban J connectivity index is 1.98. The first-order valence-corrected chi connectivity index (χ1v) is 9.26. The van der Waals surface area contributed by atoms with Crippen LogP contribution in [0.1, 0.15) is 25.8 Å². The second kappa shape index (κ2) is 7.14. The minimum absolute atomic E-state index is 0.0774. The highest BCUT2D eigenvalue weighted by molar-refractivity contribution is 5.86. The Morgan fingerprint density at radius 1 is 1.21 bits per heavy atom. The van der Waals surface area contributed by atoms with E-state index in [9.17, 15) is 13.2 Å². The molecule has 154 valence electrons. The van der Waals surface area contributed by atoms with Crippen molar-refractivity contribution in [1.29, 1.82) is 0 Å². The van der Waals surface area contributed by atoms with Gasteiger partial charge in [0, 0.05) is 31.4 Å². The van der Waals surface area contributed by atoms with E-state index in [2.05, 4.69) is 19.9 Å². The van der Waals surface area contributed by atoms with Crippen LogP contribution in [0.2, 0.25) is 0 Å². The number of nitrogens with two attached hydrogens (primary N) is 1. The van der Waals surface area contributed by atoms with Gasteiger partial charge in [-0.2, -0.15) is 13.2 Å². The third-order valence-corrected chi connectivity index (χ3v) is 4.84. The SMILES string of the molecule is CCN(CC)c1nc(-c2ccc(N)nc2)nc2c1nc1n2CCOC1C(F)(F)F. The number of hydrogen-bond acceptors (Lipinski definition) is 7. The predicted molar refractivity (Wildman–Crippen MR) is 101 cm³/mol. The van der Waals surface area contributed by atoms with Crippen molar-refractivity contribution in [1.82, 2.24) is 24.5 Å². The number of fused-ring (bicyclic) bond motifs is 3. The van der Waals surface area contributed by atoms with Crippen molar-refractivity contribution in [2.75, 3.05) is 30.3 Å². The number of imidazole rings is 1. The number of rotatable bonds is 4. The molecule has 3 aromatic heterocycles. The van der Waals surface area contributed by atoms with E-state index < -0.39 is 12.3 Å². The van der Waals surface area contributed by atoms with Crippen LogP contribution in [0.15, 0.2) is 18.3 Å². The fourth-order valence-electron chi connectivity index (χ4n) is 3.41. The third-order valence-electron chi connectivity index (χ3n) is 4.84. The molecule has 0 aliphatic carbocycles. The molecule has 8 nitrogen and oxygen atoms in total. The lowest BCUT2D eigenvalue weighted by Gasteiger charge is -2.25. The van der Waals surface area contributed by atoms with Crippen molar-refractivity contribution in [3.8, 4) is 11.4 Å². The molecule has 0 aromatic carbocycles. The van der Waals surface area contributed by atoms with E-state index in [0.29, 0.717) is 47.3 Å². The molecular formula is C18H20F3N7O. The molecule has 0 bridgehead atoms. The predicted octanol–water partition coefficient (Wildman–Crippen LogP) is 2.95. The summed E-state index contributed by atoms with van der Waals surface area (Å²) in [6.45, 7) is 5.27. The maximum atomic E-state index is 13.5. The number of nitrogen functional groups attached to an aromatic ring is 1. The first-order valence-electron chi connectivity index (χ1n) is 9.26. The molecule has 11 heteroatoms. The van der Waals surface area contributed by atoms with E-state index in [1.807, 2.05) is 18.7 Å². The molecule has 1 aliphatic rings. The smallest absolute Gasteiger partial charge is 0.384 e. The summed E-state index contributed by atoms with van der Waals surface area (Å²) < 4.78 is 46.9. The summed E-state index contributed by atoms with van der Waals surface area (Å²) in [5, 5.41) is 0. The fraction of sp³-hybridized carbons (Fsp3) is 0.444. The number of alkyl halides is 3. The van der Waals surface area contributed by atoms with Crippen LogP contribution < -0.4 is 10.6 Å². The molecule has 29 heavy (non-hydrogen) atoms. The third kappa shape index (κ3) is 3.35. The average Bonchev–Trinajstić information content (AvgIpc) is 3.07. The zero-order valence-corrected chi connectivity index (χ0v) is 15.9. The Bertz CT molecular complexity index is 1030. The monoisotopic (exact) mass is 407 g/mol. The van der Waals surface area contributed by atoms with Crippen LogP contribution in [0, 0.1) is 0 Å². The summed E-state index contributed by atoms with van der Waals surface area (Å²) in [7, 11) is 0. The Morgan fingerprint density at radius 3 is 2.59 bits per heavy atom. The summed E-state index contributed by atoms with van der Waals surface area (Å²) in [6, 6.07) is 3.35. The number of ether oxygens (including phenoxy) is 1. The lowest BCUT2D eigenvalue weighted by atomic mass is 10.2. The van der Waals surface area contributed by atoms with Gasteiger partial charge >= 0.3 is 6.18 Å². The number of halogens is 3. The Hall–Kier alpha value is -2.95. The van der Waals surface area contributed by atoms with Gasteiger partial charge in [-0.25, -0.2) is 19.9 Å². The first kappa shape index (κ1) is 19.4. The van der Waals surface area contributed by atoms with E-state index in [0.717, 1.165) is 0 Å². The Morgan fingerprint density at radius 2 is 1.97 bits per heavy atom. The minimum Gasteiger partial charge on any atom is -0.384 e. The quantitative estimate of drug-likeness (QED) is 0.710. The van der Waals surface area contributed by atoms with Crippen LogP contribution in [-0.2, 0) is 11.3 Å². The topological polar surface area (TPSA) is 95.0 Å². The number of hydrogen-bond donors (Lipinski definition) is 1. The second-order valence-electron chi connectivity index (χ2n) is 6.60. The van der Waals surface area contributed by atoms with Crippen molar-refractivity contribution in [2.45, 2.75) is 32.7 Å². The van der Waals surface area contributed by atoms with Gasteiger partial charge in [0.15, 0.2) is 22.8 Å². The Labute approximate surface area is 164 Å². The molecule has 4 heterocycles. The lowest BCUT2D eigenvalue weighted by Crippen LogP contribution is -2.32. The summed E-state index contributed by atoms with van der Waals surface area (Å²) in [5.41, 5.74) is 6.95. The summed E-state index contributed by atoms with van der Waals surface area (Å²) in [4.78, 5) is 19.4. The zero-order valence-electron chi connectivity index (χ0n) is 15.9. The summed E-state index contributed by atoms with van der Waals surface area (Å²) in [6.07, 6.45) is -5.11. The van der Waals surface area contributed by atoms with Gasteiger partial charge in [0.25, 0.3) is 0 Å². The number of aromatic nitrogens is 5. The van der Waals surface area contributed by atoms with Crippen LogP contribution in [0.3, 0.4) is 0 Å². The molecule has 2 N–H and O–H groups in total. The van der Waals surface area contributed by atoms with Crippen LogP contribution >= 0.6 is 0 Å². The van der Waals surface area contributed by atoms with E-state index in [1.165, 1.54) is 10.8 Å². The van der Waals surface area contributed by atoms with Gasteiger partial charge < -0.3 is 19.9 Å². The standard InChI is InChI=1S/C18H20F3N7O/c1-3-27(4-2)15-12-16(26-14(25-15)10-5-6-11(22)23-9-10)28-7-8-29-13(17(28)24-12)18(19,20)21/h5-6,9,13H,3-4,7-8H2,1-2H3,(H2,22,23). The van der Waals surface area contributed by atoms with E-state index >= 15 is 0 Å². The highest BCUT2D eigenvalue weighted by Gasteiger charge is 2.47. The van der Waals surface area contributed by atoms with Gasteiger partial charge in [-0.15, -0.1) is 0 Å². The summed E-state index contributed by atoms with van der Waals surface area (Å²) >= 11 is 0. The molecule has 0 spiro atoms. The highest BCUT2D eigenvalue weighted by atomic mass is 19.4. The minimum atomic E-state index is -4.56. The molecule has 1 unspecified atom stereocenters. The maximum Gasteiger partial charge on any atom is 0.421 e. The van der Waals surface area contributed by atoms with Gasteiger partial charge in [0.1, 0.15) is 11.6 Å². The van der Waals surface area contributed by atoms with Gasteiger partial charge in [-0.3, -0.25) is 0 Å². The molecule has 4 rings (SSSR count). The number of pyridine rings is 1. The highest BCUT2D eigenvalue weighted by Crippen LogP contribution is 2.40. The van der Waals surface area contributed by atoms with Crippen LogP contribution in [0.5, 0.6) is 0 Å². The van der Waals surface area contributed by atoms with E-state index in [4.69, 9.17) is 10.5 Å². The second-order valence-corrected chi connectivity index (χ2v) is 6.60. The van der Waals surface area contributed by atoms with Crippen molar-refractivity contribution in [3.05, 3.63) is 24.2 Å². The average molecular weight is 407 g/mol. The molecule has 0 saturated carbocycles. The number of anilines is 2. The van der Waals surface area contributed by atoms with Gasteiger partial charge in [-0.05, 0) is 26.0 Å². The molecule has 0 radical (unpaired) electrons. The van der Waals surface area contributed by atoms with Crippen LogP contribution in [0.25, 0.3) is 22.6 Å². The van der Waals surface area contributed by atoms with Gasteiger partial charge in [-0.1, -0.05) is 0 Å². The van der Waals surface area contributed by atoms with Crippen LogP contribution in [0.4, 0.5) is 24.8 Å². The van der Waals surface area contributed by atoms with Gasteiger partial charge in [0.2, 0.25) is 6.10 Å². The van der Waals surface area contributed by atoms with E-state index in [-0.39, 0.29) is 19.0 Å². The van der Waals surface area contributed by atoms with Crippen molar-refractivity contribution in [2.24, 2.45) is 0 Å². The fourth-order valence-corrected chi connectivity index (χ4v) is 3.41. The van der Waals surface area contributed by atoms with Crippen molar-refractivity contribution < 1.29 is 17.9 Å². The van der Waals surface area contributed by atoms with Gasteiger partial charge in [0.05, 0.1) is 6.61 Å². The Kier molecular flexibility index (Phi) is 4.77. The molecule has 0 fully saturated rings. The first-order chi connectivity index (χ1) is 13.8. The van der Waals surface area contributed by atoms with Crippen LogP contribution in [-0.4, -0.2) is 50.4 Å². The molecule has 1 atom stereocenters. The number of nitrogens with zero attached hydrogens (tertiary/aromatic N) is 6. The van der Waals surface area contributed by atoms with E-state index in [1.54, 1.807) is 12.1 Å².